The maximum Gasteiger partial charge on any atom is 0.276 e. The molecule has 12 nitrogen and oxygen atoms in total. The number of anilines is 2. The monoisotopic (exact) mass is 750 g/mol. The first-order chi connectivity index (χ1) is 27.7. The summed E-state index contributed by atoms with van der Waals surface area (Å²) in [5.74, 6) is -2.65. The van der Waals surface area contributed by atoms with Gasteiger partial charge in [-0.05, 0) is 74.5 Å². The zero-order valence-corrected chi connectivity index (χ0v) is 30.8. The molecule has 0 bridgehead atoms. The smallest absolute Gasteiger partial charge is 0.276 e. The molecule has 0 aliphatic rings. The molecular weight excluding hydrogens is 717 g/mol. The number of carbonyl (C=O) groups is 4. The normalized spacial score (nSPS) is 10.9. The first kappa shape index (κ1) is 36.0. The highest BCUT2D eigenvalue weighted by atomic mass is 16.2. The Morgan fingerprint density at radius 1 is 0.456 bits per heavy atom. The molecule has 0 aliphatic heterocycles. The van der Waals surface area contributed by atoms with Crippen molar-refractivity contribution in [2.45, 2.75) is 13.8 Å². The van der Waals surface area contributed by atoms with Crippen LogP contribution in [0.2, 0.25) is 0 Å². The molecule has 2 amide bonds. The highest BCUT2D eigenvalue weighted by molar-refractivity contribution is 6.24. The van der Waals surface area contributed by atoms with Gasteiger partial charge in [-0.25, -0.2) is 14.0 Å². The molecule has 2 N–H and O–H groups in total. The molecule has 8 rings (SSSR count). The van der Waals surface area contributed by atoms with Crippen LogP contribution >= 0.6 is 0 Å². The maximum absolute atomic E-state index is 15.1. The van der Waals surface area contributed by atoms with Gasteiger partial charge in [0, 0.05) is 23.8 Å². The van der Waals surface area contributed by atoms with Crippen molar-refractivity contribution in [1.29, 1.82) is 0 Å². The predicted molar refractivity (Wildman–Crippen MR) is 216 cm³/mol. The Bertz CT molecular complexity index is 2760. The highest BCUT2D eigenvalue weighted by Crippen LogP contribution is 2.28. The van der Waals surface area contributed by atoms with E-state index in [-0.39, 0.29) is 33.8 Å². The maximum atomic E-state index is 15.1. The molecule has 8 aromatic rings. The lowest BCUT2D eigenvalue weighted by atomic mass is 9.97. The summed E-state index contributed by atoms with van der Waals surface area (Å²) < 4.78 is 4.40. The fourth-order valence-electron chi connectivity index (χ4n) is 6.40. The van der Waals surface area contributed by atoms with Gasteiger partial charge in [0.1, 0.15) is 5.69 Å². The Balaban J connectivity index is 1.29. The molecule has 3 aromatic heterocycles. The molecule has 12 heteroatoms. The summed E-state index contributed by atoms with van der Waals surface area (Å²) in [6, 6.07) is 43.2. The van der Waals surface area contributed by atoms with Crippen LogP contribution < -0.4 is 10.6 Å². The van der Waals surface area contributed by atoms with Gasteiger partial charge in [-0.1, -0.05) is 90.5 Å². The zero-order chi connectivity index (χ0) is 39.5. The zero-order valence-electron chi connectivity index (χ0n) is 30.8. The van der Waals surface area contributed by atoms with E-state index in [1.165, 1.54) is 26.4 Å². The van der Waals surface area contributed by atoms with E-state index in [9.17, 15) is 9.59 Å². The lowest BCUT2D eigenvalue weighted by Crippen LogP contribution is -2.19. The molecule has 0 aliphatic carbocycles. The molecule has 57 heavy (non-hydrogen) atoms. The summed E-state index contributed by atoms with van der Waals surface area (Å²) in [5.41, 5.74) is 3.37. The number of rotatable bonds is 11. The number of hydrogen-bond donors (Lipinski definition) is 2. The largest absolute Gasteiger partial charge is 0.321 e. The van der Waals surface area contributed by atoms with E-state index in [0.29, 0.717) is 34.1 Å². The molecular formula is C45H34N8O4. The van der Waals surface area contributed by atoms with E-state index in [1.807, 2.05) is 79.7 Å². The van der Waals surface area contributed by atoms with Crippen molar-refractivity contribution in [1.82, 2.24) is 29.3 Å². The Morgan fingerprint density at radius 3 is 1.33 bits per heavy atom. The first-order valence-corrected chi connectivity index (χ1v) is 18.0. The van der Waals surface area contributed by atoms with Crippen LogP contribution in [-0.4, -0.2) is 52.7 Å². The number of benzene rings is 5. The van der Waals surface area contributed by atoms with Crippen LogP contribution in [0.1, 0.15) is 64.2 Å². The molecule has 0 atom stereocenters. The third-order valence-electron chi connectivity index (χ3n) is 9.29. The minimum absolute atomic E-state index is 0.0603. The lowest BCUT2D eigenvalue weighted by Gasteiger charge is -2.07. The summed E-state index contributed by atoms with van der Waals surface area (Å²) in [6.07, 6.45) is 2.93. The van der Waals surface area contributed by atoms with Crippen LogP contribution in [0.4, 0.5) is 11.4 Å². The average molecular weight is 751 g/mol. The van der Waals surface area contributed by atoms with Gasteiger partial charge in [0.25, 0.3) is 11.8 Å². The quantitative estimate of drug-likeness (QED) is 0.128. The first-order valence-electron chi connectivity index (χ1n) is 18.0. The van der Waals surface area contributed by atoms with Gasteiger partial charge in [-0.3, -0.25) is 19.2 Å². The van der Waals surface area contributed by atoms with E-state index in [4.69, 9.17) is 5.10 Å². The number of aromatic nitrogens is 6. The fourth-order valence-corrected chi connectivity index (χ4v) is 6.40. The van der Waals surface area contributed by atoms with Crippen LogP contribution in [0.5, 0.6) is 0 Å². The summed E-state index contributed by atoms with van der Waals surface area (Å²) in [4.78, 5) is 57.9. The average Bonchev–Trinajstić information content (AvgIpc) is 3.99. The van der Waals surface area contributed by atoms with Crippen LogP contribution in [0.3, 0.4) is 0 Å². The van der Waals surface area contributed by atoms with E-state index < -0.39 is 23.4 Å². The standard InChI is InChI=1S/C45H34N8O4/c1-29-23-25-35(26-24-29)53-30(2)38(42(54)36-27-51(33-19-11-5-12-20-33)48-39(36)44(56)46-31-15-7-3-8-16-31)41(50-53)43(55)37-28-52(34-21-13-6-14-22-34)49-40(37)45(57)47-32-17-9-4-10-18-32/h3-28H,1-2H3,(H,46,56)(H,47,57). The van der Waals surface area contributed by atoms with Crippen molar-refractivity contribution in [2.24, 2.45) is 0 Å². The minimum Gasteiger partial charge on any atom is -0.321 e. The number of ketones is 2. The third-order valence-corrected chi connectivity index (χ3v) is 9.29. The second kappa shape index (κ2) is 15.4. The molecule has 3 heterocycles. The van der Waals surface area contributed by atoms with Gasteiger partial charge in [-0.2, -0.15) is 15.3 Å². The summed E-state index contributed by atoms with van der Waals surface area (Å²) >= 11 is 0. The van der Waals surface area contributed by atoms with Crippen LogP contribution in [-0.2, 0) is 0 Å². The van der Waals surface area contributed by atoms with Gasteiger partial charge < -0.3 is 10.6 Å². The van der Waals surface area contributed by atoms with E-state index >= 15 is 9.59 Å². The second-order valence-electron chi connectivity index (χ2n) is 13.2. The van der Waals surface area contributed by atoms with Crippen molar-refractivity contribution in [3.05, 3.63) is 203 Å². The van der Waals surface area contributed by atoms with Crippen molar-refractivity contribution >= 4 is 34.8 Å². The lowest BCUT2D eigenvalue weighted by molar-refractivity contribution is 0.0981. The van der Waals surface area contributed by atoms with Crippen molar-refractivity contribution in [2.75, 3.05) is 10.6 Å². The molecule has 0 fully saturated rings. The molecule has 5 aromatic carbocycles. The fraction of sp³-hybridized carbons (Fsp3) is 0.0444. The Kier molecular flexibility index (Phi) is 9.73. The Labute approximate surface area is 327 Å². The molecule has 0 saturated heterocycles. The SMILES string of the molecule is Cc1ccc(-n2nc(C(=O)c3cn(-c4ccccc4)nc3C(=O)Nc3ccccc3)c(C(=O)c3cn(-c4ccccc4)nc3C(=O)Nc3ccccc3)c2C)cc1. The van der Waals surface area contributed by atoms with Crippen LogP contribution in [0.15, 0.2) is 158 Å². The van der Waals surface area contributed by atoms with Gasteiger partial charge in [0.2, 0.25) is 11.6 Å². The van der Waals surface area contributed by atoms with Crippen LogP contribution in [0.25, 0.3) is 17.1 Å². The van der Waals surface area contributed by atoms with Crippen molar-refractivity contribution in [3.63, 3.8) is 0 Å². The number of amides is 2. The van der Waals surface area contributed by atoms with Gasteiger partial charge in [0.15, 0.2) is 11.4 Å². The molecule has 0 saturated carbocycles. The van der Waals surface area contributed by atoms with E-state index in [0.717, 1.165) is 5.56 Å². The van der Waals surface area contributed by atoms with E-state index in [1.54, 1.807) is 79.7 Å². The highest BCUT2D eigenvalue weighted by Gasteiger charge is 2.34. The number of nitrogens with one attached hydrogen (secondary N) is 2. The third kappa shape index (κ3) is 7.30. The topological polar surface area (TPSA) is 146 Å². The Morgan fingerprint density at radius 2 is 0.877 bits per heavy atom. The minimum atomic E-state index is -0.724. The van der Waals surface area contributed by atoms with Gasteiger partial charge >= 0.3 is 0 Å². The summed E-state index contributed by atoms with van der Waals surface area (Å²) in [5, 5.41) is 19.6. The van der Waals surface area contributed by atoms with Crippen LogP contribution in [0, 0.1) is 13.8 Å². The predicted octanol–water partition coefficient (Wildman–Crippen LogP) is 7.83. The Hall–Kier alpha value is -7.99. The molecule has 0 spiro atoms. The number of aryl methyl sites for hydroxylation is 1. The van der Waals surface area contributed by atoms with Gasteiger partial charge in [-0.15, -0.1) is 0 Å². The summed E-state index contributed by atoms with van der Waals surface area (Å²) in [6.45, 7) is 3.63. The number of hydrogen-bond acceptors (Lipinski definition) is 7. The van der Waals surface area contributed by atoms with Crippen molar-refractivity contribution in [3.8, 4) is 17.1 Å². The number of nitrogens with zero attached hydrogens (tertiary/aromatic N) is 6. The second-order valence-corrected chi connectivity index (χ2v) is 13.2. The van der Waals surface area contributed by atoms with Gasteiger partial charge in [0.05, 0.1) is 39.4 Å². The molecule has 0 radical (unpaired) electrons. The number of para-hydroxylation sites is 4. The molecule has 0 unspecified atom stereocenters. The summed E-state index contributed by atoms with van der Waals surface area (Å²) in [7, 11) is 0. The number of carbonyl (C=O) groups excluding carboxylic acids is 4. The van der Waals surface area contributed by atoms with E-state index in [2.05, 4.69) is 20.8 Å². The van der Waals surface area contributed by atoms with Crippen molar-refractivity contribution < 1.29 is 19.2 Å². The molecule has 278 valence electrons.